The minimum Gasteiger partial charge on any atom is -0.292 e. The monoisotopic (exact) mass is 189 g/mol. The molecule has 1 atom stereocenters. The summed E-state index contributed by atoms with van der Waals surface area (Å²) >= 11 is 2.06. The maximum atomic E-state index is 2.45. The highest BCUT2D eigenvalue weighted by Crippen LogP contribution is 2.23. The first-order chi connectivity index (χ1) is 5.49. The zero-order chi connectivity index (χ0) is 9.72. The van der Waals surface area contributed by atoms with Gasteiger partial charge in [0.25, 0.3) is 0 Å². The normalized spacial score (nSPS) is 14.8. The lowest BCUT2D eigenvalue weighted by Gasteiger charge is -2.31. The Morgan fingerprint density at radius 2 is 1.67 bits per heavy atom. The van der Waals surface area contributed by atoms with Crippen LogP contribution in [0.4, 0.5) is 0 Å². The second kappa shape index (κ2) is 5.87. The number of nitrogens with zero attached hydrogens (tertiary/aromatic N) is 1. The smallest absolute Gasteiger partial charge is 0.0556 e. The van der Waals surface area contributed by atoms with Gasteiger partial charge in [-0.1, -0.05) is 20.8 Å². The van der Waals surface area contributed by atoms with Gasteiger partial charge in [0.05, 0.1) is 5.37 Å². The standard InChI is InChI=1S/C10H23NS/c1-7-10(12-9(4)5)11(6)8(2)3/h8-10H,7H2,1-6H3. The molecule has 12 heavy (non-hydrogen) atoms. The summed E-state index contributed by atoms with van der Waals surface area (Å²) < 4.78 is 0. The van der Waals surface area contributed by atoms with E-state index < -0.39 is 0 Å². The number of thioether (sulfide) groups is 1. The first kappa shape index (κ1) is 12.3. The Balaban J connectivity index is 3.96. The Hall–Kier alpha value is 0.310. The van der Waals surface area contributed by atoms with Crippen molar-refractivity contribution < 1.29 is 0 Å². The predicted molar refractivity (Wildman–Crippen MR) is 59.7 cm³/mol. The molecule has 0 rings (SSSR count). The van der Waals surface area contributed by atoms with E-state index in [1.54, 1.807) is 0 Å². The highest BCUT2D eigenvalue weighted by Gasteiger charge is 2.16. The molecule has 0 saturated heterocycles. The molecule has 0 spiro atoms. The van der Waals surface area contributed by atoms with Crippen LogP contribution in [0, 0.1) is 0 Å². The summed E-state index contributed by atoms with van der Waals surface area (Å²) in [5, 5.41) is 1.42. The van der Waals surface area contributed by atoms with Crippen LogP contribution in [-0.4, -0.2) is 28.6 Å². The van der Waals surface area contributed by atoms with E-state index in [4.69, 9.17) is 0 Å². The third kappa shape index (κ3) is 4.36. The van der Waals surface area contributed by atoms with Crippen molar-refractivity contribution in [1.29, 1.82) is 0 Å². The average Bonchev–Trinajstić information content (AvgIpc) is 1.98. The fourth-order valence-corrected chi connectivity index (χ4v) is 2.38. The van der Waals surface area contributed by atoms with Crippen molar-refractivity contribution in [2.45, 2.75) is 57.7 Å². The van der Waals surface area contributed by atoms with Crippen LogP contribution in [0.15, 0.2) is 0 Å². The first-order valence-electron chi connectivity index (χ1n) is 4.86. The van der Waals surface area contributed by atoms with Gasteiger partial charge in [0.1, 0.15) is 0 Å². The summed E-state index contributed by atoms with van der Waals surface area (Å²) in [5.74, 6) is 0. The molecule has 0 N–H and O–H groups in total. The summed E-state index contributed by atoms with van der Waals surface area (Å²) in [5.41, 5.74) is 0. The summed E-state index contributed by atoms with van der Waals surface area (Å²) in [7, 11) is 2.22. The topological polar surface area (TPSA) is 3.24 Å². The average molecular weight is 189 g/mol. The molecule has 0 aromatic heterocycles. The Bertz CT molecular complexity index is 112. The Morgan fingerprint density at radius 3 is 1.92 bits per heavy atom. The summed E-state index contributed by atoms with van der Waals surface area (Å²) in [4.78, 5) is 2.45. The molecular weight excluding hydrogens is 166 g/mol. The first-order valence-corrected chi connectivity index (χ1v) is 5.80. The molecule has 74 valence electrons. The van der Waals surface area contributed by atoms with Gasteiger partial charge in [-0.25, -0.2) is 0 Å². The molecule has 0 saturated carbocycles. The van der Waals surface area contributed by atoms with Crippen LogP contribution in [0.3, 0.4) is 0 Å². The lowest BCUT2D eigenvalue weighted by Crippen LogP contribution is -2.35. The van der Waals surface area contributed by atoms with Crippen LogP contribution in [0.5, 0.6) is 0 Å². The molecule has 0 heterocycles. The highest BCUT2D eigenvalue weighted by molar-refractivity contribution is 8.00. The molecule has 2 heteroatoms. The number of hydrogen-bond donors (Lipinski definition) is 0. The van der Waals surface area contributed by atoms with Gasteiger partial charge in [-0.3, -0.25) is 4.90 Å². The van der Waals surface area contributed by atoms with E-state index in [1.807, 2.05) is 0 Å². The number of rotatable bonds is 5. The molecule has 0 amide bonds. The van der Waals surface area contributed by atoms with Gasteiger partial charge in [0.2, 0.25) is 0 Å². The molecule has 0 radical (unpaired) electrons. The lowest BCUT2D eigenvalue weighted by atomic mass is 10.3. The molecule has 1 unspecified atom stereocenters. The molecule has 0 aliphatic heterocycles. The summed E-state index contributed by atoms with van der Waals surface area (Å²) in [6.45, 7) is 11.3. The Morgan fingerprint density at radius 1 is 1.17 bits per heavy atom. The van der Waals surface area contributed by atoms with Gasteiger partial charge < -0.3 is 0 Å². The molecular formula is C10H23NS. The van der Waals surface area contributed by atoms with Gasteiger partial charge in [0.15, 0.2) is 0 Å². The van der Waals surface area contributed by atoms with E-state index in [0.29, 0.717) is 11.4 Å². The van der Waals surface area contributed by atoms with Crippen molar-refractivity contribution in [3.05, 3.63) is 0 Å². The zero-order valence-corrected chi connectivity index (χ0v) is 10.1. The Labute approximate surface area is 81.9 Å². The van der Waals surface area contributed by atoms with Crippen molar-refractivity contribution in [2.75, 3.05) is 7.05 Å². The summed E-state index contributed by atoms with van der Waals surface area (Å²) in [6, 6.07) is 0.654. The fraction of sp³-hybridized carbons (Fsp3) is 1.00. The summed E-state index contributed by atoms with van der Waals surface area (Å²) in [6.07, 6.45) is 1.23. The second-order valence-electron chi connectivity index (χ2n) is 3.81. The van der Waals surface area contributed by atoms with Crippen LogP contribution < -0.4 is 0 Å². The van der Waals surface area contributed by atoms with Crippen LogP contribution in [0.25, 0.3) is 0 Å². The minimum atomic E-state index is 0.654. The van der Waals surface area contributed by atoms with Crippen LogP contribution >= 0.6 is 11.8 Å². The van der Waals surface area contributed by atoms with Crippen LogP contribution in [0.2, 0.25) is 0 Å². The van der Waals surface area contributed by atoms with Crippen molar-refractivity contribution >= 4 is 11.8 Å². The maximum Gasteiger partial charge on any atom is 0.0556 e. The molecule has 0 bridgehead atoms. The maximum absolute atomic E-state index is 2.45. The molecule has 0 aromatic carbocycles. The fourth-order valence-electron chi connectivity index (χ4n) is 1.13. The third-order valence-electron chi connectivity index (χ3n) is 2.05. The molecule has 0 aliphatic rings. The van der Waals surface area contributed by atoms with Crippen LogP contribution in [0.1, 0.15) is 41.0 Å². The van der Waals surface area contributed by atoms with Gasteiger partial charge >= 0.3 is 0 Å². The van der Waals surface area contributed by atoms with E-state index in [1.165, 1.54) is 6.42 Å². The number of hydrogen-bond acceptors (Lipinski definition) is 2. The predicted octanol–water partition coefficient (Wildman–Crippen LogP) is 3.20. The SMILES string of the molecule is CCC(SC(C)C)N(C)C(C)C. The molecule has 0 aromatic rings. The van der Waals surface area contributed by atoms with Gasteiger partial charge in [-0.15, -0.1) is 11.8 Å². The quantitative estimate of drug-likeness (QED) is 0.611. The third-order valence-corrected chi connectivity index (χ3v) is 3.57. The largest absolute Gasteiger partial charge is 0.292 e. The molecule has 0 fully saturated rings. The van der Waals surface area contributed by atoms with E-state index in [-0.39, 0.29) is 0 Å². The van der Waals surface area contributed by atoms with Crippen molar-refractivity contribution in [2.24, 2.45) is 0 Å². The molecule has 1 nitrogen and oxygen atoms in total. The van der Waals surface area contributed by atoms with Crippen molar-refractivity contribution in [1.82, 2.24) is 4.90 Å². The zero-order valence-electron chi connectivity index (χ0n) is 9.29. The highest BCUT2D eigenvalue weighted by atomic mass is 32.2. The molecule has 0 aliphatic carbocycles. The minimum absolute atomic E-state index is 0.654. The van der Waals surface area contributed by atoms with E-state index >= 15 is 0 Å². The lowest BCUT2D eigenvalue weighted by molar-refractivity contribution is 0.251. The van der Waals surface area contributed by atoms with E-state index in [2.05, 4.69) is 58.3 Å². The van der Waals surface area contributed by atoms with E-state index in [0.717, 1.165) is 5.25 Å². The van der Waals surface area contributed by atoms with E-state index in [9.17, 15) is 0 Å². The second-order valence-corrected chi connectivity index (χ2v) is 5.57. The van der Waals surface area contributed by atoms with Gasteiger partial charge in [0, 0.05) is 11.3 Å². The van der Waals surface area contributed by atoms with Crippen molar-refractivity contribution in [3.63, 3.8) is 0 Å². The van der Waals surface area contributed by atoms with Gasteiger partial charge in [-0.2, -0.15) is 0 Å². The van der Waals surface area contributed by atoms with Crippen molar-refractivity contribution in [3.8, 4) is 0 Å². The van der Waals surface area contributed by atoms with Crippen LogP contribution in [-0.2, 0) is 0 Å². The Kier molecular flexibility index (Phi) is 6.02. The van der Waals surface area contributed by atoms with Gasteiger partial charge in [-0.05, 0) is 27.3 Å².